The van der Waals surface area contributed by atoms with Crippen LogP contribution in [0.2, 0.25) is 0 Å². The summed E-state index contributed by atoms with van der Waals surface area (Å²) in [6.45, 7) is 0.146. The van der Waals surface area contributed by atoms with Crippen LogP contribution in [0.4, 0.5) is 0 Å². The van der Waals surface area contributed by atoms with Crippen LogP contribution in [0.25, 0.3) is 0 Å². The number of hydrogen-bond acceptors (Lipinski definition) is 5. The minimum absolute atomic E-state index is 0.146. The van der Waals surface area contributed by atoms with Gasteiger partial charge in [0.15, 0.2) is 0 Å². The molecule has 0 saturated carbocycles. The highest BCUT2D eigenvalue weighted by molar-refractivity contribution is 6.00. The van der Waals surface area contributed by atoms with E-state index in [2.05, 4.69) is 0 Å². The zero-order chi connectivity index (χ0) is 14.7. The molecular formula is C14H15N3O3. The Kier molecular flexibility index (Phi) is 4.01. The summed E-state index contributed by atoms with van der Waals surface area (Å²) in [7, 11) is 1.47. The molecule has 0 spiro atoms. The van der Waals surface area contributed by atoms with Crippen molar-refractivity contribution in [1.82, 2.24) is 4.90 Å². The Bertz CT molecular complexity index is 592. The second kappa shape index (κ2) is 5.72. The molecule has 1 heterocycles. The van der Waals surface area contributed by atoms with Gasteiger partial charge in [-0.05, 0) is 24.1 Å². The Balaban J connectivity index is 2.23. The quantitative estimate of drug-likeness (QED) is 0.811. The van der Waals surface area contributed by atoms with Crippen molar-refractivity contribution < 1.29 is 14.3 Å². The van der Waals surface area contributed by atoms with E-state index in [0.717, 1.165) is 10.5 Å². The fraction of sp³-hybridized carbons (Fsp3) is 0.357. The van der Waals surface area contributed by atoms with Crippen LogP contribution >= 0.6 is 0 Å². The monoisotopic (exact) mass is 273 g/mol. The van der Waals surface area contributed by atoms with Crippen molar-refractivity contribution >= 4 is 11.8 Å². The van der Waals surface area contributed by atoms with Crippen LogP contribution in [0, 0.1) is 11.3 Å². The molecule has 0 radical (unpaired) electrons. The van der Waals surface area contributed by atoms with E-state index in [-0.39, 0.29) is 24.8 Å². The zero-order valence-electron chi connectivity index (χ0n) is 11.1. The van der Waals surface area contributed by atoms with Gasteiger partial charge in [-0.1, -0.05) is 6.07 Å². The van der Waals surface area contributed by atoms with Crippen molar-refractivity contribution in [3.8, 4) is 11.8 Å². The summed E-state index contributed by atoms with van der Waals surface area (Å²) in [5.41, 5.74) is 6.80. The highest BCUT2D eigenvalue weighted by Crippen LogP contribution is 2.22. The number of carbonyl (C=O) groups excluding carboxylic acids is 2. The van der Waals surface area contributed by atoms with E-state index in [0.29, 0.717) is 17.7 Å². The number of imide groups is 1. The molecule has 6 nitrogen and oxygen atoms in total. The molecule has 1 aromatic carbocycles. The van der Waals surface area contributed by atoms with Crippen LogP contribution in [0.3, 0.4) is 0 Å². The van der Waals surface area contributed by atoms with Crippen LogP contribution < -0.4 is 10.5 Å². The van der Waals surface area contributed by atoms with Crippen molar-refractivity contribution in [3.63, 3.8) is 0 Å². The first kappa shape index (κ1) is 14.0. The predicted molar refractivity (Wildman–Crippen MR) is 70.5 cm³/mol. The Labute approximate surface area is 116 Å². The minimum atomic E-state index is -0.618. The maximum Gasteiger partial charge on any atom is 0.246 e. The van der Waals surface area contributed by atoms with Gasteiger partial charge in [-0.15, -0.1) is 0 Å². The normalized spacial score (nSPS) is 18.9. The SMILES string of the molecule is COc1cc(CN2C(=O)CCC(N)C2=O)ccc1C#N. The Morgan fingerprint density at radius 3 is 2.90 bits per heavy atom. The number of ether oxygens (including phenoxy) is 1. The number of nitriles is 1. The molecule has 0 aromatic heterocycles. The summed E-state index contributed by atoms with van der Waals surface area (Å²) in [6.07, 6.45) is 0.672. The van der Waals surface area contributed by atoms with Gasteiger partial charge in [-0.3, -0.25) is 14.5 Å². The third-order valence-corrected chi connectivity index (χ3v) is 3.28. The summed E-state index contributed by atoms with van der Waals surface area (Å²) in [5.74, 6) is -0.157. The molecule has 2 amide bonds. The first-order chi connectivity index (χ1) is 9.56. The summed E-state index contributed by atoms with van der Waals surface area (Å²) in [5, 5.41) is 8.92. The van der Waals surface area contributed by atoms with E-state index in [1.807, 2.05) is 6.07 Å². The Hall–Kier alpha value is -2.39. The number of methoxy groups -OCH3 is 1. The van der Waals surface area contributed by atoms with Gasteiger partial charge < -0.3 is 10.5 Å². The van der Waals surface area contributed by atoms with E-state index < -0.39 is 6.04 Å². The molecule has 104 valence electrons. The lowest BCUT2D eigenvalue weighted by molar-refractivity contribution is -0.149. The number of likely N-dealkylation sites (tertiary alicyclic amines) is 1. The molecule has 1 fully saturated rings. The van der Waals surface area contributed by atoms with Gasteiger partial charge in [-0.25, -0.2) is 0 Å². The molecule has 1 unspecified atom stereocenters. The van der Waals surface area contributed by atoms with E-state index in [1.54, 1.807) is 18.2 Å². The smallest absolute Gasteiger partial charge is 0.246 e. The first-order valence-electron chi connectivity index (χ1n) is 6.23. The maximum absolute atomic E-state index is 11.9. The third-order valence-electron chi connectivity index (χ3n) is 3.28. The topological polar surface area (TPSA) is 96.4 Å². The standard InChI is InChI=1S/C14H15N3O3/c1-20-12-6-9(2-3-10(12)7-15)8-17-13(18)5-4-11(16)14(17)19/h2-3,6,11H,4-5,8,16H2,1H3. The van der Waals surface area contributed by atoms with E-state index in [4.69, 9.17) is 15.7 Å². The van der Waals surface area contributed by atoms with Crippen LogP contribution in [0.5, 0.6) is 5.75 Å². The van der Waals surface area contributed by atoms with Gasteiger partial charge in [0.2, 0.25) is 11.8 Å². The number of rotatable bonds is 3. The molecule has 1 aliphatic rings. The number of amides is 2. The number of benzene rings is 1. The Morgan fingerprint density at radius 1 is 1.50 bits per heavy atom. The van der Waals surface area contributed by atoms with Crippen LogP contribution in [0.1, 0.15) is 24.0 Å². The molecule has 1 aromatic rings. The molecule has 1 saturated heterocycles. The molecular weight excluding hydrogens is 258 g/mol. The zero-order valence-corrected chi connectivity index (χ0v) is 11.1. The number of carbonyl (C=O) groups is 2. The number of piperidine rings is 1. The van der Waals surface area contributed by atoms with Crippen molar-refractivity contribution in [2.45, 2.75) is 25.4 Å². The van der Waals surface area contributed by atoms with Gasteiger partial charge in [-0.2, -0.15) is 5.26 Å². The van der Waals surface area contributed by atoms with Gasteiger partial charge in [0.05, 0.1) is 25.3 Å². The molecule has 1 aliphatic heterocycles. The van der Waals surface area contributed by atoms with Crippen LogP contribution in [0.15, 0.2) is 18.2 Å². The van der Waals surface area contributed by atoms with Crippen molar-refractivity contribution in [2.75, 3.05) is 7.11 Å². The Morgan fingerprint density at radius 2 is 2.25 bits per heavy atom. The third kappa shape index (κ3) is 2.63. The fourth-order valence-corrected chi connectivity index (χ4v) is 2.14. The number of hydrogen-bond donors (Lipinski definition) is 1. The highest BCUT2D eigenvalue weighted by Gasteiger charge is 2.31. The molecule has 0 aliphatic carbocycles. The maximum atomic E-state index is 11.9. The number of nitrogens with zero attached hydrogens (tertiary/aromatic N) is 2. The second-order valence-corrected chi connectivity index (χ2v) is 4.61. The lowest BCUT2D eigenvalue weighted by Crippen LogP contribution is -2.50. The number of nitrogens with two attached hydrogens (primary N) is 1. The molecule has 20 heavy (non-hydrogen) atoms. The molecule has 0 bridgehead atoms. The van der Waals surface area contributed by atoms with Crippen molar-refractivity contribution in [3.05, 3.63) is 29.3 Å². The summed E-state index contributed by atoms with van der Waals surface area (Å²) >= 11 is 0. The van der Waals surface area contributed by atoms with Crippen LogP contribution in [-0.2, 0) is 16.1 Å². The minimum Gasteiger partial charge on any atom is -0.495 e. The van der Waals surface area contributed by atoms with E-state index >= 15 is 0 Å². The second-order valence-electron chi connectivity index (χ2n) is 4.61. The van der Waals surface area contributed by atoms with Gasteiger partial charge in [0.1, 0.15) is 11.8 Å². The lowest BCUT2D eigenvalue weighted by atomic mass is 10.0. The average Bonchev–Trinajstić information content (AvgIpc) is 2.47. The average molecular weight is 273 g/mol. The van der Waals surface area contributed by atoms with E-state index in [9.17, 15) is 9.59 Å². The van der Waals surface area contributed by atoms with Crippen molar-refractivity contribution in [1.29, 1.82) is 5.26 Å². The molecule has 6 heteroatoms. The fourth-order valence-electron chi connectivity index (χ4n) is 2.14. The van der Waals surface area contributed by atoms with E-state index in [1.165, 1.54) is 7.11 Å². The predicted octanol–water partition coefficient (Wildman–Crippen LogP) is 0.543. The van der Waals surface area contributed by atoms with Crippen molar-refractivity contribution in [2.24, 2.45) is 5.73 Å². The van der Waals surface area contributed by atoms with Gasteiger partial charge >= 0.3 is 0 Å². The molecule has 1 atom stereocenters. The molecule has 2 rings (SSSR count). The largest absolute Gasteiger partial charge is 0.495 e. The summed E-state index contributed by atoms with van der Waals surface area (Å²) in [4.78, 5) is 24.9. The molecule has 2 N–H and O–H groups in total. The van der Waals surface area contributed by atoms with Crippen LogP contribution in [-0.4, -0.2) is 29.9 Å². The summed E-state index contributed by atoms with van der Waals surface area (Å²) in [6, 6.07) is 6.34. The van der Waals surface area contributed by atoms with Gasteiger partial charge in [0, 0.05) is 6.42 Å². The highest BCUT2D eigenvalue weighted by atomic mass is 16.5. The van der Waals surface area contributed by atoms with Gasteiger partial charge in [0.25, 0.3) is 0 Å². The summed E-state index contributed by atoms with van der Waals surface area (Å²) < 4.78 is 5.11. The first-order valence-corrected chi connectivity index (χ1v) is 6.23. The lowest BCUT2D eigenvalue weighted by Gasteiger charge is -2.28.